The van der Waals surface area contributed by atoms with Gasteiger partial charge < -0.3 is 10.2 Å². The number of aryl methyl sites for hydroxylation is 1. The first kappa shape index (κ1) is 16.5. The van der Waals surface area contributed by atoms with Crippen molar-refractivity contribution < 1.29 is 15.0 Å². The van der Waals surface area contributed by atoms with Crippen LogP contribution in [0, 0.1) is 18.3 Å². The first-order valence-corrected chi connectivity index (χ1v) is 7.48. The van der Waals surface area contributed by atoms with Gasteiger partial charge in [-0.1, -0.05) is 17.7 Å². The number of nitriles is 1. The Morgan fingerprint density at radius 3 is 2.68 bits per heavy atom. The first-order valence-electron chi connectivity index (χ1n) is 7.10. The van der Waals surface area contributed by atoms with Crippen molar-refractivity contribution in [2.75, 3.05) is 0 Å². The number of aromatic nitrogens is 3. The monoisotopic (exact) mass is 354 g/mol. The molecule has 2 aromatic heterocycles. The fraction of sp³-hybridized carbons (Fsp3) is 0.0588. The molecule has 0 saturated carbocycles. The molecule has 3 rings (SSSR count). The van der Waals surface area contributed by atoms with Gasteiger partial charge in [-0.3, -0.25) is 0 Å². The van der Waals surface area contributed by atoms with E-state index in [4.69, 9.17) is 22.0 Å². The standard InChI is InChI=1S/C17H11ClN4O3/c1-9-15(10-2-4-13(18)12(6-10)7-19)16(23)22(21-9)14-5-3-11(8-20-14)17(24)25/h2-6,8,23H,1H3,(H,24,25). The number of rotatable bonds is 3. The van der Waals surface area contributed by atoms with E-state index in [2.05, 4.69) is 10.1 Å². The topological polar surface area (TPSA) is 112 Å². The number of nitrogens with zero attached hydrogens (tertiary/aromatic N) is 4. The molecule has 2 heterocycles. The van der Waals surface area contributed by atoms with Crippen LogP contribution >= 0.6 is 11.6 Å². The zero-order chi connectivity index (χ0) is 18.1. The molecule has 0 unspecified atom stereocenters. The third-order valence-electron chi connectivity index (χ3n) is 3.62. The second-order valence-corrected chi connectivity index (χ2v) is 5.62. The molecule has 0 spiro atoms. The minimum atomic E-state index is -1.09. The summed E-state index contributed by atoms with van der Waals surface area (Å²) in [6.07, 6.45) is 1.18. The molecular formula is C17H11ClN4O3. The van der Waals surface area contributed by atoms with Crippen molar-refractivity contribution in [1.82, 2.24) is 14.8 Å². The van der Waals surface area contributed by atoms with Gasteiger partial charge in [0.15, 0.2) is 5.82 Å². The fourth-order valence-electron chi connectivity index (χ4n) is 2.42. The van der Waals surface area contributed by atoms with Crippen LogP contribution in [-0.2, 0) is 0 Å². The Labute approximate surface area is 147 Å². The third kappa shape index (κ3) is 2.91. The van der Waals surface area contributed by atoms with Gasteiger partial charge in [-0.15, -0.1) is 0 Å². The predicted molar refractivity (Wildman–Crippen MR) is 89.9 cm³/mol. The normalized spacial score (nSPS) is 10.4. The van der Waals surface area contributed by atoms with Crippen LogP contribution < -0.4 is 0 Å². The van der Waals surface area contributed by atoms with Crippen LogP contribution in [-0.4, -0.2) is 30.9 Å². The van der Waals surface area contributed by atoms with E-state index in [-0.39, 0.29) is 22.8 Å². The zero-order valence-corrected chi connectivity index (χ0v) is 13.7. The lowest BCUT2D eigenvalue weighted by Gasteiger charge is -2.05. The molecule has 2 N–H and O–H groups in total. The molecule has 0 bridgehead atoms. The molecule has 0 saturated heterocycles. The molecule has 0 amide bonds. The summed E-state index contributed by atoms with van der Waals surface area (Å²) >= 11 is 5.94. The molecule has 0 radical (unpaired) electrons. The second-order valence-electron chi connectivity index (χ2n) is 5.21. The van der Waals surface area contributed by atoms with Crippen molar-refractivity contribution in [2.45, 2.75) is 6.92 Å². The van der Waals surface area contributed by atoms with Gasteiger partial charge in [0.25, 0.3) is 0 Å². The number of aromatic carboxylic acids is 1. The Balaban J connectivity index is 2.10. The van der Waals surface area contributed by atoms with Gasteiger partial charge in [0.1, 0.15) is 6.07 Å². The highest BCUT2D eigenvalue weighted by atomic mass is 35.5. The largest absolute Gasteiger partial charge is 0.493 e. The van der Waals surface area contributed by atoms with E-state index < -0.39 is 5.97 Å². The molecule has 0 aliphatic rings. The lowest BCUT2D eigenvalue weighted by Crippen LogP contribution is -2.02. The maximum atomic E-state index is 10.9. The van der Waals surface area contributed by atoms with Crippen molar-refractivity contribution in [3.05, 3.63) is 58.4 Å². The smallest absolute Gasteiger partial charge is 0.337 e. The van der Waals surface area contributed by atoms with Crippen LogP contribution in [0.15, 0.2) is 36.5 Å². The first-order chi connectivity index (χ1) is 11.9. The van der Waals surface area contributed by atoms with Crippen LogP contribution in [0.25, 0.3) is 16.9 Å². The van der Waals surface area contributed by atoms with Crippen LogP contribution in [0.5, 0.6) is 5.88 Å². The molecule has 0 fully saturated rings. The Morgan fingerprint density at radius 1 is 1.32 bits per heavy atom. The number of carboxylic acids is 1. The molecule has 25 heavy (non-hydrogen) atoms. The molecular weight excluding hydrogens is 344 g/mol. The van der Waals surface area contributed by atoms with E-state index in [0.717, 1.165) is 0 Å². The Morgan fingerprint density at radius 2 is 2.08 bits per heavy atom. The molecule has 1 aromatic carbocycles. The van der Waals surface area contributed by atoms with E-state index in [1.54, 1.807) is 25.1 Å². The van der Waals surface area contributed by atoms with Crippen LogP contribution in [0.2, 0.25) is 5.02 Å². The Bertz CT molecular complexity index is 1020. The number of halogens is 1. The second kappa shape index (κ2) is 6.26. The molecule has 0 atom stereocenters. The predicted octanol–water partition coefficient (Wildman–Crippen LogP) is 3.17. The molecule has 8 heteroatoms. The van der Waals surface area contributed by atoms with Crippen molar-refractivity contribution >= 4 is 17.6 Å². The average molecular weight is 355 g/mol. The highest BCUT2D eigenvalue weighted by molar-refractivity contribution is 6.31. The molecule has 7 nitrogen and oxygen atoms in total. The minimum Gasteiger partial charge on any atom is -0.493 e. The Hall–Kier alpha value is -3.37. The number of carboxylic acid groups (broad SMARTS) is 1. The molecule has 3 aromatic rings. The Kier molecular flexibility index (Phi) is 4.13. The summed E-state index contributed by atoms with van der Waals surface area (Å²) in [7, 11) is 0. The summed E-state index contributed by atoms with van der Waals surface area (Å²) in [4.78, 5) is 14.9. The van der Waals surface area contributed by atoms with Crippen LogP contribution in [0.4, 0.5) is 0 Å². The van der Waals surface area contributed by atoms with Crippen molar-refractivity contribution in [3.8, 4) is 28.9 Å². The molecule has 0 aliphatic heterocycles. The van der Waals surface area contributed by atoms with E-state index in [1.807, 2.05) is 6.07 Å². The van der Waals surface area contributed by atoms with Gasteiger partial charge in [-0.2, -0.15) is 15.0 Å². The number of benzene rings is 1. The summed E-state index contributed by atoms with van der Waals surface area (Å²) < 4.78 is 1.21. The summed E-state index contributed by atoms with van der Waals surface area (Å²) in [5, 5.41) is 33.2. The fourth-order valence-corrected chi connectivity index (χ4v) is 2.58. The van der Waals surface area contributed by atoms with Gasteiger partial charge >= 0.3 is 5.97 Å². The highest BCUT2D eigenvalue weighted by Gasteiger charge is 2.19. The van der Waals surface area contributed by atoms with Gasteiger partial charge in [-0.05, 0) is 36.8 Å². The lowest BCUT2D eigenvalue weighted by molar-refractivity contribution is 0.0696. The average Bonchev–Trinajstić information content (AvgIpc) is 2.90. The van der Waals surface area contributed by atoms with Gasteiger partial charge in [0.2, 0.25) is 5.88 Å². The van der Waals surface area contributed by atoms with Gasteiger partial charge in [-0.25, -0.2) is 9.78 Å². The number of carbonyl (C=O) groups is 1. The van der Waals surface area contributed by atoms with Crippen molar-refractivity contribution in [1.29, 1.82) is 5.26 Å². The summed E-state index contributed by atoms with van der Waals surface area (Å²) in [6.45, 7) is 1.71. The maximum Gasteiger partial charge on any atom is 0.337 e. The lowest BCUT2D eigenvalue weighted by atomic mass is 10.0. The van der Waals surface area contributed by atoms with E-state index >= 15 is 0 Å². The number of hydrogen-bond acceptors (Lipinski definition) is 5. The highest BCUT2D eigenvalue weighted by Crippen LogP contribution is 2.35. The summed E-state index contributed by atoms with van der Waals surface area (Å²) in [5.74, 6) is -0.989. The zero-order valence-electron chi connectivity index (χ0n) is 12.9. The molecule has 124 valence electrons. The summed E-state index contributed by atoms with van der Waals surface area (Å²) in [5.41, 5.74) is 1.87. The van der Waals surface area contributed by atoms with Crippen LogP contribution in [0.1, 0.15) is 21.6 Å². The van der Waals surface area contributed by atoms with E-state index in [0.29, 0.717) is 21.8 Å². The summed E-state index contributed by atoms with van der Waals surface area (Å²) in [6, 6.07) is 9.63. The maximum absolute atomic E-state index is 10.9. The number of pyridine rings is 1. The number of hydrogen-bond donors (Lipinski definition) is 2. The van der Waals surface area contributed by atoms with Crippen LogP contribution in [0.3, 0.4) is 0 Å². The quantitative estimate of drug-likeness (QED) is 0.747. The van der Waals surface area contributed by atoms with E-state index in [9.17, 15) is 9.90 Å². The van der Waals surface area contributed by atoms with Gasteiger partial charge in [0.05, 0.1) is 27.4 Å². The minimum absolute atomic E-state index is 0.0312. The third-order valence-corrected chi connectivity index (χ3v) is 3.95. The van der Waals surface area contributed by atoms with E-state index in [1.165, 1.54) is 23.0 Å². The number of aromatic hydroxyl groups is 1. The van der Waals surface area contributed by atoms with Crippen molar-refractivity contribution in [3.63, 3.8) is 0 Å². The SMILES string of the molecule is Cc1nn(-c2ccc(C(=O)O)cn2)c(O)c1-c1ccc(Cl)c(C#N)c1. The van der Waals surface area contributed by atoms with Crippen molar-refractivity contribution in [2.24, 2.45) is 0 Å². The molecule has 0 aliphatic carbocycles. The van der Waals surface area contributed by atoms with Gasteiger partial charge in [0, 0.05) is 6.20 Å².